The summed E-state index contributed by atoms with van der Waals surface area (Å²) in [4.78, 5) is 22.8. The first-order chi connectivity index (χ1) is 8.11. The van der Waals surface area contributed by atoms with Crippen LogP contribution in [0.2, 0.25) is 0 Å². The molecule has 0 aliphatic carbocycles. The van der Waals surface area contributed by atoms with E-state index in [0.29, 0.717) is 6.42 Å². The van der Waals surface area contributed by atoms with E-state index in [1.165, 1.54) is 16.9 Å². The molecule has 0 fully saturated rings. The van der Waals surface area contributed by atoms with Gasteiger partial charge >= 0.3 is 0 Å². The van der Waals surface area contributed by atoms with Crippen LogP contribution < -0.4 is 0 Å². The quantitative estimate of drug-likeness (QED) is 0.363. The second-order valence-corrected chi connectivity index (χ2v) is 5.11. The van der Waals surface area contributed by atoms with Gasteiger partial charge in [-0.1, -0.05) is 25.0 Å². The van der Waals surface area contributed by atoms with E-state index in [9.17, 15) is 9.70 Å². The average Bonchev–Trinajstić information content (AvgIpc) is 2.32. The van der Waals surface area contributed by atoms with Crippen molar-refractivity contribution in [2.75, 3.05) is 25.2 Å². The first-order valence-corrected chi connectivity index (χ1v) is 7.03. The van der Waals surface area contributed by atoms with Gasteiger partial charge in [0.25, 0.3) is 0 Å². The van der Waals surface area contributed by atoms with Crippen molar-refractivity contribution in [2.24, 2.45) is 5.18 Å². The summed E-state index contributed by atoms with van der Waals surface area (Å²) in [5.74, 6) is 1.75. The molecule has 1 amide bonds. The molecule has 4 nitrogen and oxygen atoms in total. The Kier molecular flexibility index (Phi) is 9.81. The molecular formula is C12H22N2O2S. The normalized spacial score (nSPS) is 11.4. The van der Waals surface area contributed by atoms with Crippen LogP contribution in [0.25, 0.3) is 0 Å². The lowest BCUT2D eigenvalue weighted by Gasteiger charge is -2.12. The number of amides is 1. The number of nitrogens with zero attached hydrogens (tertiary/aromatic N) is 2. The summed E-state index contributed by atoms with van der Waals surface area (Å²) < 4.78 is 0. The fourth-order valence-electron chi connectivity index (χ4n) is 1.20. The summed E-state index contributed by atoms with van der Waals surface area (Å²) in [5.41, 5.74) is 1.37. The molecule has 0 heterocycles. The monoisotopic (exact) mass is 258 g/mol. The molecule has 0 radical (unpaired) electrons. The minimum absolute atomic E-state index is 0.0210. The highest BCUT2D eigenvalue weighted by Crippen LogP contribution is 2.10. The van der Waals surface area contributed by atoms with E-state index >= 15 is 0 Å². The van der Waals surface area contributed by atoms with Crippen molar-refractivity contribution in [1.29, 1.82) is 0 Å². The predicted octanol–water partition coefficient (Wildman–Crippen LogP) is 3.04. The summed E-state index contributed by atoms with van der Waals surface area (Å²) >= 11 is 1.75. The maximum Gasteiger partial charge on any atom is 0.224 e. The highest BCUT2D eigenvalue weighted by Gasteiger charge is 2.07. The summed E-state index contributed by atoms with van der Waals surface area (Å²) in [7, 11) is 1.60. The Balaban J connectivity index is 3.63. The van der Waals surface area contributed by atoms with E-state index in [4.69, 9.17) is 0 Å². The van der Waals surface area contributed by atoms with Crippen molar-refractivity contribution in [3.8, 4) is 0 Å². The molecule has 0 aromatic heterocycles. The zero-order valence-corrected chi connectivity index (χ0v) is 11.8. The van der Waals surface area contributed by atoms with Gasteiger partial charge in [-0.2, -0.15) is 11.8 Å². The number of carbonyl (C=O) groups is 1. The Morgan fingerprint density at radius 3 is 2.76 bits per heavy atom. The van der Waals surface area contributed by atoms with Crippen LogP contribution in [-0.2, 0) is 4.79 Å². The number of unbranched alkanes of at least 4 members (excludes halogenated alkanes) is 1. The minimum Gasteiger partial charge on any atom is -0.323 e. The number of rotatable bonds is 9. The molecule has 0 N–H and O–H groups in total. The second kappa shape index (κ2) is 10.3. The van der Waals surface area contributed by atoms with Crippen molar-refractivity contribution in [3.05, 3.63) is 16.6 Å². The molecule has 0 unspecified atom stereocenters. The van der Waals surface area contributed by atoms with Crippen molar-refractivity contribution in [3.63, 3.8) is 0 Å². The van der Waals surface area contributed by atoms with Gasteiger partial charge in [0, 0.05) is 25.0 Å². The second-order valence-electron chi connectivity index (χ2n) is 4.00. The molecule has 0 aliphatic rings. The fourth-order valence-corrected chi connectivity index (χ4v) is 2.10. The Hall–Kier alpha value is -0.840. The third-order valence-corrected chi connectivity index (χ3v) is 3.42. The molecular weight excluding hydrogens is 236 g/mol. The lowest BCUT2D eigenvalue weighted by molar-refractivity contribution is -0.129. The smallest absolute Gasteiger partial charge is 0.224 e. The zero-order valence-electron chi connectivity index (χ0n) is 10.9. The summed E-state index contributed by atoms with van der Waals surface area (Å²) in [5, 5.41) is 2.69. The van der Waals surface area contributed by atoms with E-state index < -0.39 is 0 Å². The van der Waals surface area contributed by atoms with Crippen LogP contribution in [0, 0.1) is 4.91 Å². The average molecular weight is 258 g/mol. The lowest BCUT2D eigenvalue weighted by Crippen LogP contribution is -2.26. The molecule has 17 heavy (non-hydrogen) atoms. The molecule has 0 aromatic rings. The minimum atomic E-state index is -0.0566. The number of nitroso groups, excluding NO2 is 1. The topological polar surface area (TPSA) is 49.7 Å². The van der Waals surface area contributed by atoms with Gasteiger partial charge in [0.1, 0.15) is 0 Å². The molecule has 0 atom stereocenters. The fraction of sp³-hybridized carbons (Fsp3) is 0.750. The molecule has 0 saturated heterocycles. The van der Waals surface area contributed by atoms with Gasteiger partial charge in [-0.3, -0.25) is 4.79 Å². The zero-order chi connectivity index (χ0) is 13.1. The van der Waals surface area contributed by atoms with Gasteiger partial charge in [-0.15, -0.1) is 4.91 Å². The standard InChI is InChI=1S/C12H22N2O2S/c1-4-5-6-11(2)9-17-8-7-12(15)14(3)10-13-16/h6H,4-5,7-10H2,1-3H3. The lowest BCUT2D eigenvalue weighted by atomic mass is 10.2. The van der Waals surface area contributed by atoms with Crippen LogP contribution in [-0.4, -0.2) is 36.0 Å². The number of hydrogen-bond acceptors (Lipinski definition) is 4. The Morgan fingerprint density at radius 2 is 2.18 bits per heavy atom. The molecule has 0 spiro atoms. The molecule has 0 bridgehead atoms. The van der Waals surface area contributed by atoms with Crippen molar-refractivity contribution >= 4 is 17.7 Å². The van der Waals surface area contributed by atoms with Crippen molar-refractivity contribution in [1.82, 2.24) is 4.90 Å². The molecule has 0 aromatic carbocycles. The van der Waals surface area contributed by atoms with E-state index in [0.717, 1.165) is 17.9 Å². The highest BCUT2D eigenvalue weighted by atomic mass is 32.2. The van der Waals surface area contributed by atoms with Crippen LogP contribution >= 0.6 is 11.8 Å². The van der Waals surface area contributed by atoms with Crippen molar-refractivity contribution in [2.45, 2.75) is 33.1 Å². The summed E-state index contributed by atoms with van der Waals surface area (Å²) in [6, 6.07) is 0. The Bertz CT molecular complexity index is 267. The van der Waals surface area contributed by atoms with E-state index in [1.807, 2.05) is 0 Å². The van der Waals surface area contributed by atoms with Gasteiger partial charge < -0.3 is 4.90 Å². The number of thioether (sulfide) groups is 1. The summed E-state index contributed by atoms with van der Waals surface area (Å²) in [6.45, 7) is 4.22. The maximum atomic E-state index is 11.4. The number of hydrogen-bond donors (Lipinski definition) is 0. The van der Waals surface area contributed by atoms with Crippen LogP contribution in [0.4, 0.5) is 0 Å². The number of allylic oxidation sites excluding steroid dienone is 1. The largest absolute Gasteiger partial charge is 0.323 e. The SMILES string of the molecule is CCCC=C(C)CSCCC(=O)N(C)CN=O. The van der Waals surface area contributed by atoms with Crippen LogP contribution in [0.1, 0.15) is 33.1 Å². The third kappa shape index (κ3) is 8.92. The molecule has 98 valence electrons. The van der Waals surface area contributed by atoms with E-state index in [2.05, 4.69) is 25.1 Å². The van der Waals surface area contributed by atoms with E-state index in [1.54, 1.807) is 18.8 Å². The number of carbonyl (C=O) groups excluding carboxylic acids is 1. The first-order valence-electron chi connectivity index (χ1n) is 5.88. The van der Waals surface area contributed by atoms with Gasteiger partial charge in [0.15, 0.2) is 6.67 Å². The maximum absolute atomic E-state index is 11.4. The predicted molar refractivity (Wildman–Crippen MR) is 74.0 cm³/mol. The van der Waals surface area contributed by atoms with Crippen LogP contribution in [0.15, 0.2) is 16.8 Å². The van der Waals surface area contributed by atoms with Crippen LogP contribution in [0.3, 0.4) is 0 Å². The molecule has 0 saturated carbocycles. The third-order valence-electron chi connectivity index (χ3n) is 2.27. The van der Waals surface area contributed by atoms with Gasteiger partial charge in [0.2, 0.25) is 5.91 Å². The highest BCUT2D eigenvalue weighted by molar-refractivity contribution is 7.99. The van der Waals surface area contributed by atoms with Crippen LogP contribution in [0.5, 0.6) is 0 Å². The van der Waals surface area contributed by atoms with Gasteiger partial charge in [0.05, 0.1) is 0 Å². The Morgan fingerprint density at radius 1 is 1.47 bits per heavy atom. The van der Waals surface area contributed by atoms with Gasteiger partial charge in [-0.25, -0.2) is 0 Å². The summed E-state index contributed by atoms with van der Waals surface area (Å²) in [6.07, 6.45) is 5.01. The molecule has 5 heteroatoms. The molecule has 0 rings (SSSR count). The Labute approximate surface area is 108 Å². The van der Waals surface area contributed by atoms with Gasteiger partial charge in [-0.05, 0) is 18.5 Å². The van der Waals surface area contributed by atoms with E-state index in [-0.39, 0.29) is 12.6 Å². The molecule has 0 aliphatic heterocycles. The van der Waals surface area contributed by atoms with Crippen molar-refractivity contribution < 1.29 is 4.79 Å². The first kappa shape index (κ1) is 16.2.